The third-order valence-electron chi connectivity index (χ3n) is 14.7. The minimum atomic E-state index is 0.0311. The molecule has 0 radical (unpaired) electrons. The van der Waals surface area contributed by atoms with Crippen molar-refractivity contribution in [2.75, 3.05) is 0 Å². The average Bonchev–Trinajstić information content (AvgIpc) is 3.61. The quantitative estimate of drug-likeness (QED) is 0.168. The molecule has 292 valence electrons. The normalized spacial score (nSPS) is 21.6. The van der Waals surface area contributed by atoms with E-state index in [1.165, 1.54) is 65.5 Å². The van der Waals surface area contributed by atoms with Crippen LogP contribution < -0.4 is 0 Å². The molecule has 4 heteroatoms. The Hall–Kier alpha value is -6.96. The first-order valence-corrected chi connectivity index (χ1v) is 21.9. The number of hydrogen-bond acceptors (Lipinski definition) is 4. The maximum absolute atomic E-state index is 9.50. The fraction of sp³-hybridized carbons (Fsp3) is 0.193. The highest BCUT2D eigenvalue weighted by atomic mass is 15.0. The second-order valence-electron chi connectivity index (χ2n) is 18.0. The number of hydrogen-bond donors (Lipinski definition) is 0. The zero-order valence-electron chi connectivity index (χ0n) is 34.2. The van der Waals surface area contributed by atoms with Gasteiger partial charge in [-0.2, -0.15) is 5.26 Å². The van der Waals surface area contributed by atoms with Gasteiger partial charge in [-0.1, -0.05) is 146 Å². The van der Waals surface area contributed by atoms with Gasteiger partial charge >= 0.3 is 0 Å². The van der Waals surface area contributed by atoms with Gasteiger partial charge in [0, 0.05) is 22.1 Å². The van der Waals surface area contributed by atoms with E-state index in [0.29, 0.717) is 34.9 Å². The van der Waals surface area contributed by atoms with Gasteiger partial charge in [0.25, 0.3) is 0 Å². The van der Waals surface area contributed by atoms with Crippen molar-refractivity contribution in [3.63, 3.8) is 0 Å². The lowest BCUT2D eigenvalue weighted by Crippen LogP contribution is -2.55. The first-order chi connectivity index (χ1) is 30.0. The summed E-state index contributed by atoms with van der Waals surface area (Å²) in [5.74, 6) is 5.09. The second kappa shape index (κ2) is 14.1. The molecule has 4 bridgehead atoms. The van der Waals surface area contributed by atoms with Gasteiger partial charge in [-0.15, -0.1) is 0 Å². The van der Waals surface area contributed by atoms with Gasteiger partial charge in [0.15, 0.2) is 17.5 Å². The lowest BCUT2D eigenvalue weighted by atomic mass is 9.43. The number of rotatable bonds is 6. The monoisotopic (exact) mass is 784 g/mol. The van der Waals surface area contributed by atoms with Gasteiger partial charge in [0.1, 0.15) is 0 Å². The predicted octanol–water partition coefficient (Wildman–Crippen LogP) is 13.8. The zero-order valence-corrected chi connectivity index (χ0v) is 34.2. The van der Waals surface area contributed by atoms with Crippen molar-refractivity contribution in [1.29, 1.82) is 5.26 Å². The SMILES string of the molecule is Cc1cc(-c2cccc3c2-c2ccc(-c4ccc(-c5cccc(C#N)c5)cc4)cc2C32C3CC4CC(C3)CC2C4)ccc1-c1nc(-c2ccccc2)nc(-c2ccccc2)n1. The van der Waals surface area contributed by atoms with E-state index < -0.39 is 0 Å². The lowest BCUT2D eigenvalue weighted by molar-refractivity contribution is -0.0399. The number of aryl methyl sites for hydroxylation is 1. The van der Waals surface area contributed by atoms with E-state index in [9.17, 15) is 5.26 Å². The van der Waals surface area contributed by atoms with E-state index in [2.05, 4.69) is 122 Å². The molecule has 7 aromatic carbocycles. The van der Waals surface area contributed by atoms with Crippen LogP contribution in [0.1, 0.15) is 54.4 Å². The fourth-order valence-corrected chi connectivity index (χ4v) is 12.3. The molecule has 13 rings (SSSR count). The van der Waals surface area contributed by atoms with Gasteiger partial charge in [-0.25, -0.2) is 15.0 Å². The highest BCUT2D eigenvalue weighted by Gasteiger charge is 2.61. The fourth-order valence-electron chi connectivity index (χ4n) is 12.3. The molecule has 5 aliphatic carbocycles. The molecule has 4 saturated carbocycles. The van der Waals surface area contributed by atoms with E-state index in [0.717, 1.165) is 45.2 Å². The van der Waals surface area contributed by atoms with Crippen LogP contribution >= 0.6 is 0 Å². The summed E-state index contributed by atoms with van der Waals surface area (Å²) in [6.07, 6.45) is 6.79. The molecule has 1 heterocycles. The van der Waals surface area contributed by atoms with E-state index in [1.54, 1.807) is 11.1 Å². The van der Waals surface area contributed by atoms with Crippen LogP contribution in [-0.4, -0.2) is 15.0 Å². The molecular formula is C57H44N4. The van der Waals surface area contributed by atoms with E-state index in [4.69, 9.17) is 15.0 Å². The Labute approximate surface area is 357 Å². The maximum Gasteiger partial charge on any atom is 0.164 e. The Balaban J connectivity index is 0.974. The molecule has 1 aromatic heterocycles. The van der Waals surface area contributed by atoms with Crippen LogP contribution in [0.4, 0.5) is 0 Å². The summed E-state index contributed by atoms with van der Waals surface area (Å²) in [5.41, 5.74) is 18.0. The Kier molecular flexibility index (Phi) is 8.29. The van der Waals surface area contributed by atoms with Crippen LogP contribution in [0.2, 0.25) is 0 Å². The molecule has 5 aliphatic rings. The summed E-state index contributed by atoms with van der Waals surface area (Å²) in [4.78, 5) is 15.1. The van der Waals surface area contributed by atoms with Crippen LogP contribution in [0.15, 0.2) is 164 Å². The van der Waals surface area contributed by atoms with Crippen LogP contribution in [0.5, 0.6) is 0 Å². The standard InChI is InChI=1S/C57H44N4/c1-35-26-45(23-24-48(35)56-60-54(41-11-4-2-5-12-41)59-55(61-56)42-13-6-3-7-14-42)49-16-9-17-51-53(49)50-25-22-44(40-20-18-39(19-21-40)43-15-8-10-36(28-43)34-58)33-52(50)57(51)46-29-37-27-38(31-46)32-47(57)30-37/h2-26,28,33,37-38,46-47H,27,29-32H2,1H3. The van der Waals surface area contributed by atoms with Gasteiger partial charge in [0.05, 0.1) is 11.6 Å². The lowest BCUT2D eigenvalue weighted by Gasteiger charge is -2.61. The van der Waals surface area contributed by atoms with Crippen LogP contribution in [0.3, 0.4) is 0 Å². The number of aromatic nitrogens is 3. The molecule has 8 aromatic rings. The molecule has 61 heavy (non-hydrogen) atoms. The van der Waals surface area contributed by atoms with Crippen LogP contribution in [0, 0.1) is 41.9 Å². The van der Waals surface area contributed by atoms with Gasteiger partial charge in [0.2, 0.25) is 0 Å². The van der Waals surface area contributed by atoms with Crippen molar-refractivity contribution in [2.24, 2.45) is 23.7 Å². The first-order valence-electron chi connectivity index (χ1n) is 21.9. The summed E-state index contributed by atoms with van der Waals surface area (Å²) in [6, 6.07) is 60.9. The topological polar surface area (TPSA) is 62.5 Å². The number of fused-ring (bicyclic) bond motifs is 3. The number of benzene rings is 7. The van der Waals surface area contributed by atoms with Crippen LogP contribution in [0.25, 0.3) is 78.7 Å². The second-order valence-corrected chi connectivity index (χ2v) is 18.0. The third kappa shape index (κ3) is 5.75. The summed E-state index contributed by atoms with van der Waals surface area (Å²) in [7, 11) is 0. The minimum absolute atomic E-state index is 0.0311. The van der Waals surface area contributed by atoms with E-state index in [-0.39, 0.29) is 5.41 Å². The van der Waals surface area contributed by atoms with Gasteiger partial charge < -0.3 is 0 Å². The summed E-state index contributed by atoms with van der Waals surface area (Å²) in [5, 5.41) is 9.50. The molecule has 0 N–H and O–H groups in total. The predicted molar refractivity (Wildman–Crippen MR) is 245 cm³/mol. The molecule has 0 unspecified atom stereocenters. The summed E-state index contributed by atoms with van der Waals surface area (Å²) < 4.78 is 0. The van der Waals surface area contributed by atoms with Crippen molar-refractivity contribution in [3.05, 3.63) is 186 Å². The molecule has 0 atom stereocenters. The third-order valence-corrected chi connectivity index (χ3v) is 14.7. The molecule has 4 fully saturated rings. The zero-order chi connectivity index (χ0) is 40.7. The van der Waals surface area contributed by atoms with E-state index >= 15 is 0 Å². The molecule has 4 nitrogen and oxygen atoms in total. The van der Waals surface area contributed by atoms with Gasteiger partial charge in [-0.3, -0.25) is 0 Å². The summed E-state index contributed by atoms with van der Waals surface area (Å²) in [6.45, 7) is 2.20. The number of nitrogens with zero attached hydrogens (tertiary/aromatic N) is 4. The Morgan fingerprint density at radius 3 is 1.61 bits per heavy atom. The van der Waals surface area contributed by atoms with Gasteiger partial charge in [-0.05, 0) is 142 Å². The first kappa shape index (κ1) is 35.9. The Bertz CT molecular complexity index is 2970. The Morgan fingerprint density at radius 1 is 0.443 bits per heavy atom. The number of nitriles is 1. The smallest absolute Gasteiger partial charge is 0.164 e. The summed E-state index contributed by atoms with van der Waals surface area (Å²) >= 11 is 0. The highest BCUT2D eigenvalue weighted by molar-refractivity contribution is 5.95. The van der Waals surface area contributed by atoms with Crippen molar-refractivity contribution in [3.8, 4) is 84.7 Å². The molecule has 0 aliphatic heterocycles. The van der Waals surface area contributed by atoms with Crippen molar-refractivity contribution < 1.29 is 0 Å². The van der Waals surface area contributed by atoms with E-state index in [1.807, 2.05) is 54.6 Å². The highest BCUT2D eigenvalue weighted by Crippen LogP contribution is 2.70. The van der Waals surface area contributed by atoms with Crippen LogP contribution in [-0.2, 0) is 5.41 Å². The minimum Gasteiger partial charge on any atom is -0.208 e. The maximum atomic E-state index is 9.50. The van der Waals surface area contributed by atoms with Crippen molar-refractivity contribution in [2.45, 2.75) is 44.4 Å². The Morgan fingerprint density at radius 2 is 0.984 bits per heavy atom. The molecule has 0 amide bonds. The molecule has 1 spiro atoms. The molecule has 0 saturated heterocycles. The molecular weight excluding hydrogens is 741 g/mol. The largest absolute Gasteiger partial charge is 0.208 e. The van der Waals surface area contributed by atoms with Crippen molar-refractivity contribution in [1.82, 2.24) is 15.0 Å². The average molecular weight is 785 g/mol. The van der Waals surface area contributed by atoms with Crippen molar-refractivity contribution >= 4 is 0 Å².